The van der Waals surface area contributed by atoms with Gasteiger partial charge in [0, 0.05) is 11.9 Å². The summed E-state index contributed by atoms with van der Waals surface area (Å²) in [7, 11) is 0. The maximum absolute atomic E-state index is 13.5. The van der Waals surface area contributed by atoms with E-state index in [1.165, 1.54) is 5.56 Å². The van der Waals surface area contributed by atoms with Crippen molar-refractivity contribution in [3.63, 3.8) is 0 Å². The maximum atomic E-state index is 13.5. The molecule has 5 nitrogen and oxygen atoms in total. The lowest BCUT2D eigenvalue weighted by atomic mass is 10.1. The van der Waals surface area contributed by atoms with E-state index < -0.39 is 0 Å². The fourth-order valence-electron chi connectivity index (χ4n) is 3.98. The quantitative estimate of drug-likeness (QED) is 0.396. The third kappa shape index (κ3) is 4.84. The van der Waals surface area contributed by atoms with Gasteiger partial charge < -0.3 is 5.32 Å². The second-order valence-corrected chi connectivity index (χ2v) is 8.59. The zero-order chi connectivity index (χ0) is 24.2. The van der Waals surface area contributed by atoms with E-state index in [-0.39, 0.29) is 11.6 Å². The average molecular weight is 451 g/mol. The lowest BCUT2D eigenvalue weighted by Gasteiger charge is -2.13. The maximum Gasteiger partial charge on any atom is 0.278 e. The first-order valence-electron chi connectivity index (χ1n) is 11.5. The monoisotopic (exact) mass is 450 g/mol. The minimum absolute atomic E-state index is 0.271. The van der Waals surface area contributed by atoms with Crippen molar-refractivity contribution in [2.75, 3.05) is 5.32 Å². The molecule has 4 rings (SSSR count). The first kappa shape index (κ1) is 23.2. The second-order valence-electron chi connectivity index (χ2n) is 8.59. The van der Waals surface area contributed by atoms with Crippen LogP contribution in [-0.4, -0.2) is 15.7 Å². The molecule has 0 saturated carbocycles. The van der Waals surface area contributed by atoms with Crippen LogP contribution in [0.5, 0.6) is 0 Å². The summed E-state index contributed by atoms with van der Waals surface area (Å²) < 4.78 is 1.72. The third-order valence-corrected chi connectivity index (χ3v) is 6.04. The lowest BCUT2D eigenvalue weighted by molar-refractivity contribution is 0.101. The van der Waals surface area contributed by atoms with Gasteiger partial charge in [-0.15, -0.1) is 0 Å². The van der Waals surface area contributed by atoms with Crippen LogP contribution in [0, 0.1) is 27.7 Å². The Morgan fingerprint density at radius 3 is 2.03 bits per heavy atom. The SMILES string of the molecule is CCc1ccc(-n2ccc(=Nc3c(C)cccc3C)c(C(=O)Nc3c(C)cccc3C)n2)cc1. The summed E-state index contributed by atoms with van der Waals surface area (Å²) in [6.07, 6.45) is 2.82. The molecule has 34 heavy (non-hydrogen) atoms. The number of rotatable bonds is 5. The standard InChI is InChI=1S/C29H30N4O/c1-6-23-13-15-24(16-14-23)33-18-17-25(30-26-19(2)9-7-10-20(26)3)28(32-33)29(34)31-27-21(4)11-8-12-22(27)5/h7-18H,6H2,1-5H3,(H,31,34). The number of carbonyl (C=O) groups excluding carboxylic acids is 1. The molecule has 0 bridgehead atoms. The summed E-state index contributed by atoms with van der Waals surface area (Å²) in [6.45, 7) is 10.1. The molecule has 5 heteroatoms. The number of hydrogen-bond donors (Lipinski definition) is 1. The predicted molar refractivity (Wildman–Crippen MR) is 138 cm³/mol. The smallest absolute Gasteiger partial charge is 0.278 e. The summed E-state index contributed by atoms with van der Waals surface area (Å²) >= 11 is 0. The predicted octanol–water partition coefficient (Wildman–Crippen LogP) is 6.15. The Morgan fingerprint density at radius 2 is 1.44 bits per heavy atom. The van der Waals surface area contributed by atoms with Gasteiger partial charge in [0.05, 0.1) is 16.7 Å². The van der Waals surface area contributed by atoms with Crippen molar-refractivity contribution in [2.45, 2.75) is 41.0 Å². The first-order chi connectivity index (χ1) is 16.4. The molecule has 0 unspecified atom stereocenters. The molecule has 1 aromatic heterocycles. The Morgan fingerprint density at radius 1 is 0.853 bits per heavy atom. The topological polar surface area (TPSA) is 59.3 Å². The molecule has 1 N–H and O–H groups in total. The van der Waals surface area contributed by atoms with Crippen LogP contribution in [0.4, 0.5) is 11.4 Å². The van der Waals surface area contributed by atoms with Crippen molar-refractivity contribution < 1.29 is 4.79 Å². The summed E-state index contributed by atoms with van der Waals surface area (Å²) in [4.78, 5) is 18.4. The molecule has 0 aliphatic heterocycles. The summed E-state index contributed by atoms with van der Waals surface area (Å²) in [5.74, 6) is -0.290. The van der Waals surface area contributed by atoms with Crippen molar-refractivity contribution in [1.29, 1.82) is 0 Å². The van der Waals surface area contributed by atoms with Gasteiger partial charge in [0.1, 0.15) is 0 Å². The lowest BCUT2D eigenvalue weighted by Crippen LogP contribution is -2.27. The van der Waals surface area contributed by atoms with Crippen LogP contribution in [0.25, 0.3) is 5.69 Å². The van der Waals surface area contributed by atoms with E-state index in [9.17, 15) is 4.79 Å². The van der Waals surface area contributed by atoms with E-state index in [2.05, 4.69) is 24.4 Å². The van der Waals surface area contributed by atoms with Gasteiger partial charge in [-0.1, -0.05) is 55.5 Å². The summed E-state index contributed by atoms with van der Waals surface area (Å²) in [5, 5.41) is 8.32. The minimum Gasteiger partial charge on any atom is -0.320 e. The fraction of sp³-hybridized carbons (Fsp3) is 0.207. The van der Waals surface area contributed by atoms with E-state index >= 15 is 0 Å². The van der Waals surface area contributed by atoms with Gasteiger partial charge in [-0.25, -0.2) is 9.67 Å². The Hall–Kier alpha value is -3.99. The number of carbonyl (C=O) groups is 1. The van der Waals surface area contributed by atoms with E-state index in [0.717, 1.165) is 45.7 Å². The van der Waals surface area contributed by atoms with Crippen LogP contribution in [0.15, 0.2) is 77.9 Å². The van der Waals surface area contributed by atoms with E-state index in [0.29, 0.717) is 5.36 Å². The molecular formula is C29H30N4O. The van der Waals surface area contributed by atoms with E-state index in [1.54, 1.807) is 4.68 Å². The Kier molecular flexibility index (Phi) is 6.73. The van der Waals surface area contributed by atoms with Gasteiger partial charge in [0.15, 0.2) is 5.69 Å². The average Bonchev–Trinajstić information content (AvgIpc) is 2.84. The van der Waals surface area contributed by atoms with Crippen molar-refractivity contribution in [2.24, 2.45) is 4.99 Å². The Bertz CT molecular complexity index is 1370. The van der Waals surface area contributed by atoms with Gasteiger partial charge in [0.2, 0.25) is 0 Å². The largest absolute Gasteiger partial charge is 0.320 e. The van der Waals surface area contributed by atoms with E-state index in [1.807, 2.05) is 88.5 Å². The molecule has 4 aromatic rings. The molecule has 0 fully saturated rings. The van der Waals surface area contributed by atoms with Gasteiger partial charge >= 0.3 is 0 Å². The molecule has 0 aliphatic rings. The number of nitrogens with zero attached hydrogens (tertiary/aromatic N) is 3. The molecule has 0 radical (unpaired) electrons. The number of amides is 1. The fourth-order valence-corrected chi connectivity index (χ4v) is 3.98. The van der Waals surface area contributed by atoms with Crippen molar-refractivity contribution in [3.05, 3.63) is 112 Å². The van der Waals surface area contributed by atoms with Crippen LogP contribution in [0.3, 0.4) is 0 Å². The van der Waals surface area contributed by atoms with Crippen LogP contribution in [0.2, 0.25) is 0 Å². The number of benzene rings is 3. The van der Waals surface area contributed by atoms with Crippen LogP contribution < -0.4 is 10.7 Å². The number of aromatic nitrogens is 2. The molecular weight excluding hydrogens is 420 g/mol. The number of para-hydroxylation sites is 2. The molecule has 0 spiro atoms. The zero-order valence-corrected chi connectivity index (χ0v) is 20.4. The van der Waals surface area contributed by atoms with Gasteiger partial charge in [-0.2, -0.15) is 5.10 Å². The summed E-state index contributed by atoms with van der Waals surface area (Å²) in [5.41, 5.74) is 8.16. The van der Waals surface area contributed by atoms with Gasteiger partial charge in [0.25, 0.3) is 5.91 Å². The van der Waals surface area contributed by atoms with Crippen molar-refractivity contribution >= 4 is 17.3 Å². The first-order valence-corrected chi connectivity index (χ1v) is 11.5. The van der Waals surface area contributed by atoms with Crippen molar-refractivity contribution in [3.8, 4) is 5.69 Å². The van der Waals surface area contributed by atoms with E-state index in [4.69, 9.17) is 10.1 Å². The second kappa shape index (κ2) is 9.87. The van der Waals surface area contributed by atoms with Crippen LogP contribution in [-0.2, 0) is 6.42 Å². The highest BCUT2D eigenvalue weighted by Crippen LogP contribution is 2.23. The number of nitrogens with one attached hydrogen (secondary N) is 1. The molecule has 1 amide bonds. The van der Waals surface area contributed by atoms with Crippen LogP contribution >= 0.6 is 0 Å². The van der Waals surface area contributed by atoms with Crippen LogP contribution in [0.1, 0.15) is 45.2 Å². The zero-order valence-electron chi connectivity index (χ0n) is 20.4. The van der Waals surface area contributed by atoms with Gasteiger partial charge in [-0.05, 0) is 80.1 Å². The third-order valence-electron chi connectivity index (χ3n) is 6.04. The summed E-state index contributed by atoms with van der Waals surface area (Å²) in [6, 6.07) is 22.0. The number of anilines is 1. The molecule has 0 saturated heterocycles. The molecule has 1 heterocycles. The minimum atomic E-state index is -0.290. The highest BCUT2D eigenvalue weighted by atomic mass is 16.2. The normalized spacial score (nSPS) is 11.5. The molecule has 172 valence electrons. The molecule has 0 aliphatic carbocycles. The highest BCUT2D eigenvalue weighted by molar-refractivity contribution is 6.03. The number of aryl methyl sites for hydroxylation is 5. The molecule has 0 atom stereocenters. The van der Waals surface area contributed by atoms with Crippen molar-refractivity contribution in [1.82, 2.24) is 9.78 Å². The Balaban J connectivity index is 1.86. The van der Waals surface area contributed by atoms with Gasteiger partial charge in [-0.3, -0.25) is 4.79 Å². The molecule has 3 aromatic carbocycles. The Labute approximate surface area is 200 Å². The number of hydrogen-bond acceptors (Lipinski definition) is 3. The highest BCUT2D eigenvalue weighted by Gasteiger charge is 2.15.